The first-order valence-corrected chi connectivity index (χ1v) is 11.0. The summed E-state index contributed by atoms with van der Waals surface area (Å²) in [5, 5.41) is 11.3. The third-order valence-electron chi connectivity index (χ3n) is 4.44. The van der Waals surface area contributed by atoms with E-state index < -0.39 is 10.0 Å². The Labute approximate surface area is 188 Å². The molecule has 1 saturated heterocycles. The van der Waals surface area contributed by atoms with Crippen LogP contribution in [-0.4, -0.2) is 77.8 Å². The molecule has 0 aliphatic carbocycles. The molecule has 0 bridgehead atoms. The molecule has 0 unspecified atom stereocenters. The van der Waals surface area contributed by atoms with Crippen molar-refractivity contribution in [2.45, 2.75) is 26.1 Å². The van der Waals surface area contributed by atoms with Gasteiger partial charge in [0.15, 0.2) is 5.96 Å². The van der Waals surface area contributed by atoms with E-state index in [1.807, 2.05) is 30.9 Å². The van der Waals surface area contributed by atoms with Crippen LogP contribution in [0, 0.1) is 6.92 Å². The monoisotopic (exact) mass is 537 g/mol. The van der Waals surface area contributed by atoms with Gasteiger partial charge < -0.3 is 14.7 Å². The van der Waals surface area contributed by atoms with Crippen LogP contribution >= 0.6 is 24.0 Å². The molecule has 10 nitrogen and oxygen atoms in total. The molecule has 0 radical (unpaired) electrons. The summed E-state index contributed by atoms with van der Waals surface area (Å²) in [6, 6.07) is 1.57. The van der Waals surface area contributed by atoms with Crippen LogP contribution < -0.4 is 5.32 Å². The van der Waals surface area contributed by atoms with E-state index in [9.17, 15) is 8.42 Å². The lowest BCUT2D eigenvalue weighted by Crippen LogP contribution is -2.54. The first-order chi connectivity index (χ1) is 13.5. The number of guanidine groups is 1. The van der Waals surface area contributed by atoms with Gasteiger partial charge in [-0.3, -0.25) is 9.67 Å². The second-order valence-corrected chi connectivity index (χ2v) is 8.62. The fourth-order valence-corrected chi connectivity index (χ4v) is 4.47. The van der Waals surface area contributed by atoms with E-state index in [4.69, 9.17) is 4.52 Å². The molecule has 0 aromatic carbocycles. The number of rotatable bonds is 7. The molecule has 1 aliphatic heterocycles. The van der Waals surface area contributed by atoms with Crippen LogP contribution in [0.2, 0.25) is 0 Å². The molecule has 3 heterocycles. The van der Waals surface area contributed by atoms with E-state index in [0.717, 1.165) is 18.1 Å². The van der Waals surface area contributed by atoms with Crippen molar-refractivity contribution in [2.75, 3.05) is 39.3 Å². The topological polar surface area (TPSA) is 109 Å². The Hall–Kier alpha value is -1.67. The van der Waals surface area contributed by atoms with Crippen molar-refractivity contribution in [3.63, 3.8) is 0 Å². The molecule has 2 aromatic rings. The Kier molecular flexibility index (Phi) is 8.89. The van der Waals surface area contributed by atoms with E-state index in [0.29, 0.717) is 45.0 Å². The predicted octanol–water partition coefficient (Wildman–Crippen LogP) is 0.911. The Morgan fingerprint density at radius 3 is 2.66 bits per heavy atom. The molecule has 0 saturated carbocycles. The first-order valence-electron chi connectivity index (χ1n) is 9.37. The molecule has 29 heavy (non-hydrogen) atoms. The van der Waals surface area contributed by atoms with Crippen LogP contribution in [0.1, 0.15) is 18.2 Å². The molecule has 0 amide bonds. The average molecular weight is 537 g/mol. The lowest BCUT2D eigenvalue weighted by molar-refractivity contribution is 0.259. The maximum atomic E-state index is 12.6. The zero-order valence-corrected chi connectivity index (χ0v) is 19.8. The first kappa shape index (κ1) is 23.6. The van der Waals surface area contributed by atoms with Gasteiger partial charge in [0.05, 0.1) is 25.0 Å². The summed E-state index contributed by atoms with van der Waals surface area (Å²) in [6.45, 7) is 8.10. The fourth-order valence-electron chi connectivity index (χ4n) is 3.04. The normalized spacial score (nSPS) is 15.9. The molecule has 162 valence electrons. The summed E-state index contributed by atoms with van der Waals surface area (Å²) in [6.07, 6.45) is 5.20. The minimum Gasteiger partial charge on any atom is -0.364 e. The van der Waals surface area contributed by atoms with E-state index in [1.165, 1.54) is 10.6 Å². The number of sulfonamides is 1. The summed E-state index contributed by atoms with van der Waals surface area (Å²) in [4.78, 5) is 6.77. The van der Waals surface area contributed by atoms with Crippen molar-refractivity contribution in [3.05, 3.63) is 36.0 Å². The van der Waals surface area contributed by atoms with Gasteiger partial charge >= 0.3 is 0 Å². The third-order valence-corrected chi connectivity index (χ3v) is 6.25. The summed E-state index contributed by atoms with van der Waals surface area (Å²) >= 11 is 0. The van der Waals surface area contributed by atoms with Gasteiger partial charge in [0, 0.05) is 45.0 Å². The molecule has 1 fully saturated rings. The lowest BCUT2D eigenvalue weighted by Gasteiger charge is -2.35. The molecule has 3 rings (SSSR count). The Balaban J connectivity index is 0.00000300. The summed E-state index contributed by atoms with van der Waals surface area (Å²) < 4.78 is 33.2. The van der Waals surface area contributed by atoms with Crippen molar-refractivity contribution in [2.24, 2.45) is 4.99 Å². The summed E-state index contributed by atoms with van der Waals surface area (Å²) in [5.74, 6) is 0.668. The van der Waals surface area contributed by atoms with Crippen LogP contribution in [0.3, 0.4) is 0 Å². The Bertz CT molecular complexity index is 875. The fraction of sp³-hybridized carbons (Fsp3) is 0.588. The number of aryl methyl sites for hydroxylation is 1. The van der Waals surface area contributed by atoms with E-state index in [2.05, 4.69) is 25.5 Å². The molecule has 0 atom stereocenters. The maximum Gasteiger partial charge on any atom is 0.220 e. The molecule has 1 aliphatic rings. The summed E-state index contributed by atoms with van der Waals surface area (Å²) in [7, 11) is -3.41. The van der Waals surface area contributed by atoms with Gasteiger partial charge in [-0.25, -0.2) is 8.42 Å². The number of piperazine rings is 1. The molecule has 12 heteroatoms. The maximum absolute atomic E-state index is 12.6. The van der Waals surface area contributed by atoms with E-state index in [1.54, 1.807) is 6.07 Å². The van der Waals surface area contributed by atoms with Gasteiger partial charge in [-0.2, -0.15) is 9.40 Å². The summed E-state index contributed by atoms with van der Waals surface area (Å²) in [5.41, 5.74) is 1.55. The highest BCUT2D eigenvalue weighted by Crippen LogP contribution is 2.13. The van der Waals surface area contributed by atoms with Gasteiger partial charge in [-0.15, -0.1) is 24.0 Å². The number of aromatic nitrogens is 3. The average Bonchev–Trinajstić information content (AvgIpc) is 3.32. The number of aliphatic imine (C=N–C) groups is 1. The van der Waals surface area contributed by atoms with E-state index >= 15 is 0 Å². The zero-order chi connectivity index (χ0) is 20.0. The Morgan fingerprint density at radius 1 is 1.31 bits per heavy atom. The number of halogens is 1. The number of nitrogens with one attached hydrogen (secondary N) is 1. The number of nitrogens with zero attached hydrogens (tertiary/aromatic N) is 6. The van der Waals surface area contributed by atoms with Gasteiger partial charge in [0.1, 0.15) is 12.0 Å². The SMILES string of the molecule is CCNC(=NCCn1cc(C)cn1)N1CCN(S(=O)(=O)Cc2ccon2)CC1.I. The van der Waals surface area contributed by atoms with Gasteiger partial charge in [-0.1, -0.05) is 5.16 Å². The molecule has 2 aromatic heterocycles. The largest absolute Gasteiger partial charge is 0.364 e. The highest BCUT2D eigenvalue weighted by Gasteiger charge is 2.28. The van der Waals surface area contributed by atoms with Crippen LogP contribution in [-0.2, 0) is 22.3 Å². The van der Waals surface area contributed by atoms with Crippen molar-refractivity contribution in [3.8, 4) is 0 Å². The van der Waals surface area contributed by atoms with E-state index in [-0.39, 0.29) is 29.7 Å². The third kappa shape index (κ3) is 6.67. The minimum absolute atomic E-state index is 0. The highest BCUT2D eigenvalue weighted by molar-refractivity contribution is 14.0. The van der Waals surface area contributed by atoms with Crippen LogP contribution in [0.4, 0.5) is 0 Å². The van der Waals surface area contributed by atoms with Crippen LogP contribution in [0.5, 0.6) is 0 Å². The second-order valence-electron chi connectivity index (χ2n) is 6.65. The zero-order valence-electron chi connectivity index (χ0n) is 16.7. The molecular weight excluding hydrogens is 509 g/mol. The number of hydrogen-bond acceptors (Lipinski definition) is 6. The Morgan fingerprint density at radius 2 is 2.07 bits per heavy atom. The van der Waals surface area contributed by atoms with Gasteiger partial charge in [0.25, 0.3) is 0 Å². The standard InChI is InChI=1S/C17H27N7O3S.HI/c1-3-18-17(19-5-6-23-13-15(2)12-20-23)22-7-9-24(10-8-22)28(25,26)14-16-4-11-27-21-16;/h4,11-13H,3,5-10,14H2,1-2H3,(H,18,19);1H. The predicted molar refractivity (Wildman–Crippen MR) is 121 cm³/mol. The smallest absolute Gasteiger partial charge is 0.220 e. The van der Waals surface area contributed by atoms with Crippen molar-refractivity contribution < 1.29 is 12.9 Å². The van der Waals surface area contributed by atoms with Gasteiger partial charge in [0.2, 0.25) is 10.0 Å². The molecule has 0 spiro atoms. The number of hydrogen-bond donors (Lipinski definition) is 1. The van der Waals surface area contributed by atoms with Crippen molar-refractivity contribution in [1.29, 1.82) is 0 Å². The molecule has 1 N–H and O–H groups in total. The van der Waals surface area contributed by atoms with Crippen molar-refractivity contribution in [1.82, 2.24) is 29.5 Å². The van der Waals surface area contributed by atoms with Crippen molar-refractivity contribution >= 4 is 40.0 Å². The van der Waals surface area contributed by atoms with Crippen LogP contribution in [0.15, 0.2) is 34.2 Å². The highest BCUT2D eigenvalue weighted by atomic mass is 127. The molecular formula is C17H28IN7O3S. The van der Waals surface area contributed by atoms with Gasteiger partial charge in [-0.05, 0) is 19.4 Å². The second kappa shape index (κ2) is 10.9. The minimum atomic E-state index is -3.41. The lowest BCUT2D eigenvalue weighted by atomic mass is 10.4. The van der Waals surface area contributed by atoms with Crippen LogP contribution in [0.25, 0.3) is 0 Å². The quantitative estimate of drug-likeness (QED) is 0.318.